The van der Waals surface area contributed by atoms with Crippen LogP contribution in [-0.4, -0.2) is 19.0 Å². The van der Waals surface area contributed by atoms with Gasteiger partial charge in [0.05, 0.1) is 0 Å². The number of carbonyl (C=O) groups is 1. The Labute approximate surface area is 88.9 Å². The number of rotatable bonds is 5. The van der Waals surface area contributed by atoms with Gasteiger partial charge in [0.1, 0.15) is 6.10 Å². The highest BCUT2D eigenvalue weighted by Gasteiger charge is 2.21. The van der Waals surface area contributed by atoms with Crippen LogP contribution in [0, 0.1) is 5.92 Å². The first-order chi connectivity index (χ1) is 6.65. The Hall–Kier alpha value is -0.670. The summed E-state index contributed by atoms with van der Waals surface area (Å²) in [6.45, 7) is 4.00. The average Bonchev–Trinajstić information content (AvgIpc) is 2.57. The van der Waals surface area contributed by atoms with Crippen LogP contribution in [-0.2, 0) is 16.0 Å². The quantitative estimate of drug-likeness (QED) is 0.749. The highest BCUT2D eigenvalue weighted by atomic mass is 32.1. The van der Waals surface area contributed by atoms with E-state index in [0.29, 0.717) is 6.42 Å². The molecule has 1 unspecified atom stereocenters. The summed E-state index contributed by atoms with van der Waals surface area (Å²) in [6, 6.07) is 3.94. The first kappa shape index (κ1) is 11.4. The molecular weight excluding hydrogens is 196 g/mol. The molecule has 0 amide bonds. The minimum absolute atomic E-state index is 0.171. The maximum atomic E-state index is 11.8. The summed E-state index contributed by atoms with van der Waals surface area (Å²) in [5, 5.41) is 1.99. The van der Waals surface area contributed by atoms with Crippen LogP contribution in [0.1, 0.15) is 18.7 Å². The molecule has 1 heterocycles. The molecule has 0 aliphatic carbocycles. The molecule has 0 saturated heterocycles. The number of hydrogen-bond acceptors (Lipinski definition) is 3. The van der Waals surface area contributed by atoms with Gasteiger partial charge in [-0.3, -0.25) is 4.79 Å². The smallest absolute Gasteiger partial charge is 0.166 e. The molecule has 0 aliphatic rings. The second-order valence-corrected chi connectivity index (χ2v) is 4.66. The largest absolute Gasteiger partial charge is 0.373 e. The fraction of sp³-hybridized carbons (Fsp3) is 0.545. The number of thiophene rings is 1. The highest BCUT2D eigenvalue weighted by molar-refractivity contribution is 7.10. The average molecular weight is 212 g/mol. The van der Waals surface area contributed by atoms with E-state index in [9.17, 15) is 4.79 Å². The lowest BCUT2D eigenvalue weighted by molar-refractivity contribution is -0.130. The third kappa shape index (κ3) is 2.93. The molecule has 1 atom stereocenters. The van der Waals surface area contributed by atoms with Crippen LogP contribution < -0.4 is 0 Å². The van der Waals surface area contributed by atoms with Crippen molar-refractivity contribution in [3.05, 3.63) is 22.4 Å². The number of Topliss-reactive ketones (excluding diaryl/α,β-unsaturated/α-hetero) is 1. The predicted octanol–water partition coefficient (Wildman–Crippen LogP) is 2.53. The van der Waals surface area contributed by atoms with E-state index in [4.69, 9.17) is 4.74 Å². The zero-order valence-corrected chi connectivity index (χ0v) is 9.64. The molecule has 0 aromatic carbocycles. The SMILES string of the molecule is COC(C(=O)Cc1cccs1)C(C)C. The van der Waals surface area contributed by atoms with Crippen LogP contribution in [0.5, 0.6) is 0 Å². The van der Waals surface area contributed by atoms with Crippen molar-refractivity contribution in [2.24, 2.45) is 5.92 Å². The molecule has 0 bridgehead atoms. The van der Waals surface area contributed by atoms with Gasteiger partial charge in [0.15, 0.2) is 5.78 Å². The zero-order valence-electron chi connectivity index (χ0n) is 8.82. The second kappa shape index (κ2) is 5.27. The summed E-state index contributed by atoms with van der Waals surface area (Å²) < 4.78 is 5.18. The van der Waals surface area contributed by atoms with E-state index in [1.165, 1.54) is 0 Å². The molecule has 0 spiro atoms. The standard InChI is InChI=1S/C11H16O2S/c1-8(2)11(13-3)10(12)7-9-5-4-6-14-9/h4-6,8,11H,7H2,1-3H3. The summed E-state index contributed by atoms with van der Waals surface area (Å²) >= 11 is 1.61. The first-order valence-electron chi connectivity index (χ1n) is 4.73. The van der Waals surface area contributed by atoms with Crippen LogP contribution in [0.4, 0.5) is 0 Å². The Balaban J connectivity index is 2.56. The van der Waals surface area contributed by atoms with Crippen molar-refractivity contribution in [2.45, 2.75) is 26.4 Å². The molecule has 2 nitrogen and oxygen atoms in total. The molecule has 78 valence electrons. The number of ketones is 1. The Morgan fingerprint density at radius 2 is 2.29 bits per heavy atom. The van der Waals surface area contributed by atoms with Crippen molar-refractivity contribution in [3.8, 4) is 0 Å². The van der Waals surface area contributed by atoms with Crippen molar-refractivity contribution in [2.75, 3.05) is 7.11 Å². The Morgan fingerprint density at radius 3 is 2.71 bits per heavy atom. The molecule has 1 rings (SSSR count). The van der Waals surface area contributed by atoms with Gasteiger partial charge in [0.25, 0.3) is 0 Å². The summed E-state index contributed by atoms with van der Waals surface area (Å²) in [6.07, 6.45) is 0.228. The van der Waals surface area contributed by atoms with E-state index in [-0.39, 0.29) is 17.8 Å². The minimum atomic E-state index is -0.267. The molecule has 0 aliphatic heterocycles. The molecular formula is C11H16O2S. The lowest BCUT2D eigenvalue weighted by Gasteiger charge is -2.17. The van der Waals surface area contributed by atoms with Crippen molar-refractivity contribution in [3.63, 3.8) is 0 Å². The van der Waals surface area contributed by atoms with Crippen LogP contribution in [0.25, 0.3) is 0 Å². The zero-order chi connectivity index (χ0) is 10.6. The maximum Gasteiger partial charge on any atom is 0.166 e. The topological polar surface area (TPSA) is 26.3 Å². The van der Waals surface area contributed by atoms with E-state index >= 15 is 0 Å². The van der Waals surface area contributed by atoms with E-state index < -0.39 is 0 Å². The van der Waals surface area contributed by atoms with Crippen LogP contribution in [0.3, 0.4) is 0 Å². The third-order valence-corrected chi connectivity index (χ3v) is 2.98. The van der Waals surface area contributed by atoms with Gasteiger partial charge in [-0.05, 0) is 17.4 Å². The van der Waals surface area contributed by atoms with E-state index in [1.54, 1.807) is 18.4 Å². The van der Waals surface area contributed by atoms with Gasteiger partial charge in [0.2, 0.25) is 0 Å². The Morgan fingerprint density at radius 1 is 1.57 bits per heavy atom. The molecule has 1 aromatic rings. The van der Waals surface area contributed by atoms with Crippen molar-refractivity contribution < 1.29 is 9.53 Å². The van der Waals surface area contributed by atoms with Crippen LogP contribution >= 0.6 is 11.3 Å². The molecule has 14 heavy (non-hydrogen) atoms. The van der Waals surface area contributed by atoms with E-state index in [2.05, 4.69) is 0 Å². The number of hydrogen-bond donors (Lipinski definition) is 0. The normalized spacial score (nSPS) is 13.1. The molecule has 0 N–H and O–H groups in total. The van der Waals surface area contributed by atoms with Gasteiger partial charge in [-0.1, -0.05) is 19.9 Å². The molecule has 0 fully saturated rings. The second-order valence-electron chi connectivity index (χ2n) is 3.62. The van der Waals surface area contributed by atoms with Gasteiger partial charge in [-0.25, -0.2) is 0 Å². The molecule has 0 saturated carbocycles. The van der Waals surface area contributed by atoms with E-state index in [1.807, 2.05) is 31.4 Å². The van der Waals surface area contributed by atoms with Gasteiger partial charge in [-0.15, -0.1) is 11.3 Å². The van der Waals surface area contributed by atoms with E-state index in [0.717, 1.165) is 4.88 Å². The molecule has 1 aromatic heterocycles. The Kier molecular flexibility index (Phi) is 4.29. The van der Waals surface area contributed by atoms with Crippen molar-refractivity contribution in [1.29, 1.82) is 0 Å². The van der Waals surface area contributed by atoms with Gasteiger partial charge in [0, 0.05) is 18.4 Å². The summed E-state index contributed by atoms with van der Waals surface area (Å²) in [5.74, 6) is 0.414. The maximum absolute atomic E-state index is 11.8. The molecule has 3 heteroatoms. The van der Waals surface area contributed by atoms with Gasteiger partial charge < -0.3 is 4.74 Å². The van der Waals surface area contributed by atoms with Crippen LogP contribution in [0.15, 0.2) is 17.5 Å². The van der Waals surface area contributed by atoms with Crippen LogP contribution in [0.2, 0.25) is 0 Å². The lowest BCUT2D eigenvalue weighted by atomic mass is 10.0. The van der Waals surface area contributed by atoms with Gasteiger partial charge in [-0.2, -0.15) is 0 Å². The predicted molar refractivity (Wildman–Crippen MR) is 58.7 cm³/mol. The van der Waals surface area contributed by atoms with Gasteiger partial charge >= 0.3 is 0 Å². The number of ether oxygens (including phenoxy) is 1. The monoisotopic (exact) mass is 212 g/mol. The first-order valence-corrected chi connectivity index (χ1v) is 5.61. The minimum Gasteiger partial charge on any atom is -0.373 e. The van der Waals surface area contributed by atoms with Crippen molar-refractivity contribution >= 4 is 17.1 Å². The number of methoxy groups -OCH3 is 1. The molecule has 0 radical (unpaired) electrons. The summed E-state index contributed by atoms with van der Waals surface area (Å²) in [7, 11) is 1.59. The van der Waals surface area contributed by atoms with Crippen molar-refractivity contribution in [1.82, 2.24) is 0 Å². The summed E-state index contributed by atoms with van der Waals surface area (Å²) in [5.41, 5.74) is 0. The summed E-state index contributed by atoms with van der Waals surface area (Å²) in [4.78, 5) is 12.9. The fourth-order valence-electron chi connectivity index (χ4n) is 1.46. The highest BCUT2D eigenvalue weighted by Crippen LogP contribution is 2.14. The third-order valence-electron chi connectivity index (χ3n) is 2.11. The Bertz CT molecular complexity index is 277. The fourth-order valence-corrected chi connectivity index (χ4v) is 2.18. The lowest BCUT2D eigenvalue weighted by Crippen LogP contribution is -2.29. The number of carbonyl (C=O) groups excluding carboxylic acids is 1.